The van der Waals surface area contributed by atoms with Crippen LogP contribution in [0.15, 0.2) is 29.3 Å². The summed E-state index contributed by atoms with van der Waals surface area (Å²) in [4.78, 5) is 14.7. The number of carbonyl (C=O) groups is 1. The van der Waals surface area contributed by atoms with Crippen molar-refractivity contribution in [3.8, 4) is 5.75 Å². The van der Waals surface area contributed by atoms with E-state index in [9.17, 15) is 4.79 Å². The molecular formula is C15H25N3O3. The van der Waals surface area contributed by atoms with Crippen LogP contribution in [0.3, 0.4) is 0 Å². The van der Waals surface area contributed by atoms with Crippen LogP contribution in [0, 0.1) is 5.92 Å². The number of rotatable bonds is 7. The molecule has 118 valence electrons. The van der Waals surface area contributed by atoms with Crippen molar-refractivity contribution in [1.29, 1.82) is 0 Å². The Morgan fingerprint density at radius 2 is 1.90 bits per heavy atom. The van der Waals surface area contributed by atoms with Crippen LogP contribution in [-0.2, 0) is 4.79 Å². The van der Waals surface area contributed by atoms with Crippen LogP contribution in [0.2, 0.25) is 0 Å². The number of nitrogens with zero attached hydrogens (tertiary/aromatic N) is 1. The minimum absolute atomic E-state index is 0.130. The highest BCUT2D eigenvalue weighted by atomic mass is 16.5. The summed E-state index contributed by atoms with van der Waals surface area (Å²) in [6, 6.07) is 7.01. The van der Waals surface area contributed by atoms with Gasteiger partial charge in [0.15, 0.2) is 0 Å². The first-order chi connectivity index (χ1) is 10.0. The van der Waals surface area contributed by atoms with E-state index < -0.39 is 11.9 Å². The highest BCUT2D eigenvalue weighted by Gasteiger charge is 2.11. The molecule has 0 amide bonds. The Morgan fingerprint density at radius 3 is 2.38 bits per heavy atom. The van der Waals surface area contributed by atoms with Gasteiger partial charge in [-0.2, -0.15) is 0 Å². The van der Waals surface area contributed by atoms with Gasteiger partial charge >= 0.3 is 5.97 Å². The lowest BCUT2D eigenvalue weighted by atomic mass is 10.2. The first-order valence-electron chi connectivity index (χ1n) is 7.00. The first-order valence-corrected chi connectivity index (χ1v) is 7.00. The molecule has 0 bridgehead atoms. The minimum Gasteiger partial charge on any atom is -0.493 e. The molecule has 0 unspecified atom stereocenters. The summed E-state index contributed by atoms with van der Waals surface area (Å²) in [6.45, 7) is 6.66. The molecule has 6 nitrogen and oxygen atoms in total. The molecular weight excluding hydrogens is 270 g/mol. The van der Waals surface area contributed by atoms with E-state index in [2.05, 4.69) is 4.99 Å². The molecule has 1 atom stereocenters. The molecule has 6 heteroatoms. The Hall–Kier alpha value is -2.08. The summed E-state index contributed by atoms with van der Waals surface area (Å²) >= 11 is 0. The molecule has 0 fully saturated rings. The summed E-state index contributed by atoms with van der Waals surface area (Å²) in [6.07, 6.45) is 0. The van der Waals surface area contributed by atoms with Crippen LogP contribution < -0.4 is 16.2 Å². The number of aliphatic imine (C=N–C) groups is 1. The Balaban J connectivity index is 0.00000191. The molecule has 0 saturated heterocycles. The zero-order valence-corrected chi connectivity index (χ0v) is 12.9. The van der Waals surface area contributed by atoms with Crippen molar-refractivity contribution in [2.24, 2.45) is 22.4 Å². The molecule has 21 heavy (non-hydrogen) atoms. The fourth-order valence-corrected chi connectivity index (χ4v) is 1.29. The monoisotopic (exact) mass is 295 g/mol. The van der Waals surface area contributed by atoms with Crippen LogP contribution >= 0.6 is 0 Å². The lowest BCUT2D eigenvalue weighted by molar-refractivity contribution is -0.142. The third kappa shape index (κ3) is 7.31. The maximum atomic E-state index is 10.6. The third-order valence-corrected chi connectivity index (χ3v) is 2.48. The van der Waals surface area contributed by atoms with E-state index in [1.807, 2.05) is 13.8 Å². The predicted molar refractivity (Wildman–Crippen MR) is 84.7 cm³/mol. The van der Waals surface area contributed by atoms with Crippen LogP contribution in [0.5, 0.6) is 5.75 Å². The fourth-order valence-electron chi connectivity index (χ4n) is 1.29. The van der Waals surface area contributed by atoms with Gasteiger partial charge in [0.1, 0.15) is 18.2 Å². The van der Waals surface area contributed by atoms with Gasteiger partial charge in [0.25, 0.3) is 0 Å². The molecule has 0 aliphatic rings. The van der Waals surface area contributed by atoms with Crippen molar-refractivity contribution in [1.82, 2.24) is 0 Å². The first kappa shape index (κ1) is 18.9. The van der Waals surface area contributed by atoms with E-state index in [0.717, 1.165) is 5.56 Å². The maximum Gasteiger partial charge on any atom is 0.309 e. The van der Waals surface area contributed by atoms with Crippen LogP contribution in [-0.4, -0.2) is 36.6 Å². The molecule has 1 aromatic carbocycles. The number of benzene rings is 1. The lowest BCUT2D eigenvalue weighted by Gasteiger charge is -2.09. The minimum atomic E-state index is -0.880. The Morgan fingerprint density at radius 1 is 1.33 bits per heavy atom. The Labute approximate surface area is 125 Å². The van der Waals surface area contributed by atoms with Crippen LogP contribution in [0.4, 0.5) is 0 Å². The summed E-state index contributed by atoms with van der Waals surface area (Å²) in [5, 5.41) is 8.74. The number of carboxylic acid groups (broad SMARTS) is 1. The summed E-state index contributed by atoms with van der Waals surface area (Å²) in [7, 11) is 0. The average molecular weight is 295 g/mol. The van der Waals surface area contributed by atoms with Gasteiger partial charge in [-0.05, 0) is 31.2 Å². The Kier molecular flexibility index (Phi) is 9.62. The second-order valence-electron chi connectivity index (χ2n) is 4.13. The number of nitrogens with two attached hydrogens (primary N) is 2. The van der Waals surface area contributed by atoms with Crippen LogP contribution in [0.25, 0.3) is 0 Å². The molecule has 0 aliphatic carbocycles. The molecule has 0 aromatic heterocycles. The standard InChI is InChI=1S/C13H19N3O3.C2H6/c1-9(13(17)18)8-19-11-4-2-10(3-5-11)12(15)16-7-6-14;1-2/h2-5,9H,6-8,14H2,1H3,(H2,15,16)(H,17,18);1-2H3/t9-;/m0./s1. The predicted octanol–water partition coefficient (Wildman–Crippen LogP) is 1.48. The highest BCUT2D eigenvalue weighted by Crippen LogP contribution is 2.13. The molecule has 5 N–H and O–H groups in total. The number of aliphatic carboxylic acids is 1. The quantitative estimate of drug-likeness (QED) is 0.521. The van der Waals surface area contributed by atoms with Crippen molar-refractivity contribution in [2.45, 2.75) is 20.8 Å². The topological polar surface area (TPSA) is 111 Å². The largest absolute Gasteiger partial charge is 0.493 e. The van der Waals surface area contributed by atoms with E-state index in [-0.39, 0.29) is 6.61 Å². The smallest absolute Gasteiger partial charge is 0.309 e. The second-order valence-corrected chi connectivity index (χ2v) is 4.13. The van der Waals surface area contributed by atoms with Gasteiger partial charge in [-0.3, -0.25) is 9.79 Å². The van der Waals surface area contributed by atoms with Gasteiger partial charge in [0.2, 0.25) is 0 Å². The molecule has 1 aromatic rings. The number of carboxylic acids is 1. The Bertz CT molecular complexity index is 444. The van der Waals surface area contributed by atoms with E-state index >= 15 is 0 Å². The molecule has 0 radical (unpaired) electrons. The summed E-state index contributed by atoms with van der Waals surface area (Å²) < 4.78 is 5.36. The van der Waals surface area contributed by atoms with Gasteiger partial charge in [-0.1, -0.05) is 13.8 Å². The van der Waals surface area contributed by atoms with E-state index in [1.54, 1.807) is 31.2 Å². The zero-order valence-electron chi connectivity index (χ0n) is 12.9. The van der Waals surface area contributed by atoms with Crippen molar-refractivity contribution in [3.63, 3.8) is 0 Å². The number of hydrogen-bond donors (Lipinski definition) is 3. The summed E-state index contributed by atoms with van der Waals surface area (Å²) in [5.41, 5.74) is 11.9. The SMILES string of the molecule is CC.C[C@@H](COc1ccc(C(N)=NCCN)cc1)C(=O)O. The number of ether oxygens (including phenoxy) is 1. The summed E-state index contributed by atoms with van der Waals surface area (Å²) in [5.74, 6) is -0.398. The fraction of sp³-hybridized carbons (Fsp3) is 0.467. The second kappa shape index (κ2) is 10.7. The number of hydrogen-bond acceptors (Lipinski definition) is 4. The molecule has 0 aliphatic heterocycles. The van der Waals surface area contributed by atoms with Crippen molar-refractivity contribution in [3.05, 3.63) is 29.8 Å². The molecule has 0 heterocycles. The third-order valence-electron chi connectivity index (χ3n) is 2.48. The zero-order chi connectivity index (χ0) is 16.3. The van der Waals surface area contributed by atoms with Gasteiger partial charge in [-0.25, -0.2) is 0 Å². The molecule has 0 spiro atoms. The number of amidine groups is 1. The van der Waals surface area contributed by atoms with Gasteiger partial charge in [0.05, 0.1) is 12.5 Å². The van der Waals surface area contributed by atoms with E-state index in [4.69, 9.17) is 21.3 Å². The molecule has 0 saturated carbocycles. The van der Waals surface area contributed by atoms with Gasteiger partial charge < -0.3 is 21.3 Å². The normalized spacial score (nSPS) is 12.1. The van der Waals surface area contributed by atoms with Gasteiger partial charge in [0, 0.05) is 12.1 Å². The van der Waals surface area contributed by atoms with Crippen molar-refractivity contribution >= 4 is 11.8 Å². The van der Waals surface area contributed by atoms with E-state index in [0.29, 0.717) is 24.7 Å². The molecule has 1 rings (SSSR count). The highest BCUT2D eigenvalue weighted by molar-refractivity contribution is 5.97. The lowest BCUT2D eigenvalue weighted by Crippen LogP contribution is -2.18. The van der Waals surface area contributed by atoms with Crippen LogP contribution in [0.1, 0.15) is 26.3 Å². The van der Waals surface area contributed by atoms with E-state index in [1.165, 1.54) is 0 Å². The van der Waals surface area contributed by atoms with Crippen molar-refractivity contribution < 1.29 is 14.6 Å². The average Bonchev–Trinajstić information content (AvgIpc) is 2.52. The maximum absolute atomic E-state index is 10.6. The van der Waals surface area contributed by atoms with Crippen molar-refractivity contribution in [2.75, 3.05) is 19.7 Å². The van der Waals surface area contributed by atoms with Gasteiger partial charge in [-0.15, -0.1) is 0 Å².